The Labute approximate surface area is 103 Å². The lowest BCUT2D eigenvalue weighted by molar-refractivity contribution is 1.16. The van der Waals surface area contributed by atoms with E-state index in [-0.39, 0.29) is 6.04 Å². The summed E-state index contributed by atoms with van der Waals surface area (Å²) < 4.78 is 0. The first kappa shape index (κ1) is 10.4. The van der Waals surface area contributed by atoms with Crippen molar-refractivity contribution in [2.75, 3.05) is 0 Å². The summed E-state index contributed by atoms with van der Waals surface area (Å²) in [5.41, 5.74) is 1.28. The average molecular weight is 242 g/mol. The van der Waals surface area contributed by atoms with Crippen LogP contribution in [0.15, 0.2) is 50.3 Å². The van der Waals surface area contributed by atoms with Gasteiger partial charge in [0.2, 0.25) is 0 Å². The largest absolute Gasteiger partial charge is 0.255 e. The van der Waals surface area contributed by atoms with E-state index in [0.717, 1.165) is 16.6 Å². The minimum atomic E-state index is -0.0753. The number of fused-ring (bicyclic) bond motifs is 1. The molecular formula is C12H10N4S. The Hall–Kier alpha value is -1.75. The van der Waals surface area contributed by atoms with Crippen LogP contribution in [0.4, 0.5) is 0 Å². The van der Waals surface area contributed by atoms with Crippen LogP contribution in [0.25, 0.3) is 0 Å². The van der Waals surface area contributed by atoms with Crippen molar-refractivity contribution in [3.8, 4) is 0 Å². The molecule has 1 atom stereocenters. The number of rotatable bonds is 2. The number of aliphatic imine (C=N–C) groups is 4. The van der Waals surface area contributed by atoms with E-state index >= 15 is 0 Å². The van der Waals surface area contributed by atoms with Gasteiger partial charge in [-0.05, 0) is 5.56 Å². The minimum absolute atomic E-state index is 0.0753. The van der Waals surface area contributed by atoms with Gasteiger partial charge in [0.15, 0.2) is 11.9 Å². The SMILES string of the molecule is C1=NC2=NC=NC2C(SCc2ccccc2)=N1. The fourth-order valence-corrected chi connectivity index (χ4v) is 2.59. The Morgan fingerprint density at radius 1 is 1.06 bits per heavy atom. The van der Waals surface area contributed by atoms with Crippen molar-refractivity contribution < 1.29 is 0 Å². The van der Waals surface area contributed by atoms with Gasteiger partial charge in [-0.1, -0.05) is 30.3 Å². The Morgan fingerprint density at radius 2 is 1.94 bits per heavy atom. The van der Waals surface area contributed by atoms with Crippen LogP contribution in [0.1, 0.15) is 5.56 Å². The maximum atomic E-state index is 4.28. The van der Waals surface area contributed by atoms with Gasteiger partial charge in [0.1, 0.15) is 17.7 Å². The van der Waals surface area contributed by atoms with E-state index in [9.17, 15) is 0 Å². The molecule has 0 radical (unpaired) electrons. The summed E-state index contributed by atoms with van der Waals surface area (Å²) in [5.74, 6) is 1.64. The Morgan fingerprint density at radius 3 is 2.82 bits per heavy atom. The molecule has 0 amide bonds. The second-order valence-electron chi connectivity index (χ2n) is 3.64. The van der Waals surface area contributed by atoms with Crippen molar-refractivity contribution in [2.45, 2.75) is 11.8 Å². The highest BCUT2D eigenvalue weighted by Gasteiger charge is 2.26. The standard InChI is InChI=1S/C12H10N4S/c1-2-4-9(5-3-1)6-17-12-10-11(14-7-13-10)15-8-16-12/h1-5,7-8,10H,6H2. The molecule has 0 aromatic heterocycles. The molecule has 0 fully saturated rings. The molecule has 2 aliphatic heterocycles. The molecule has 5 heteroatoms. The molecule has 84 valence electrons. The number of benzene rings is 1. The van der Waals surface area contributed by atoms with Gasteiger partial charge >= 0.3 is 0 Å². The molecule has 0 spiro atoms. The molecule has 2 heterocycles. The zero-order valence-electron chi connectivity index (χ0n) is 9.02. The predicted molar refractivity (Wildman–Crippen MR) is 73.4 cm³/mol. The van der Waals surface area contributed by atoms with E-state index in [1.807, 2.05) is 18.2 Å². The maximum Gasteiger partial charge on any atom is 0.163 e. The van der Waals surface area contributed by atoms with Gasteiger partial charge in [0, 0.05) is 5.75 Å². The van der Waals surface area contributed by atoms with Crippen molar-refractivity contribution in [3.63, 3.8) is 0 Å². The number of amidine groups is 1. The topological polar surface area (TPSA) is 49.4 Å². The fourth-order valence-electron chi connectivity index (χ4n) is 1.64. The minimum Gasteiger partial charge on any atom is -0.255 e. The Balaban J connectivity index is 1.70. The van der Waals surface area contributed by atoms with Gasteiger partial charge in [-0.3, -0.25) is 4.99 Å². The lowest BCUT2D eigenvalue weighted by Gasteiger charge is -2.13. The molecule has 0 saturated heterocycles. The zero-order chi connectivity index (χ0) is 11.5. The highest BCUT2D eigenvalue weighted by molar-refractivity contribution is 8.13. The van der Waals surface area contributed by atoms with Crippen LogP contribution in [0.5, 0.6) is 0 Å². The predicted octanol–water partition coefficient (Wildman–Crippen LogP) is 2.17. The third kappa shape index (κ3) is 2.19. The van der Waals surface area contributed by atoms with Crippen molar-refractivity contribution in [2.24, 2.45) is 20.0 Å². The van der Waals surface area contributed by atoms with E-state index in [1.54, 1.807) is 24.4 Å². The van der Waals surface area contributed by atoms with Crippen LogP contribution in [-0.2, 0) is 5.75 Å². The quantitative estimate of drug-likeness (QED) is 0.784. The lowest BCUT2D eigenvalue weighted by Crippen LogP contribution is -2.25. The molecule has 1 unspecified atom stereocenters. The number of nitrogens with zero attached hydrogens (tertiary/aromatic N) is 4. The first-order valence-corrected chi connectivity index (χ1v) is 6.28. The number of hydrogen-bond acceptors (Lipinski definition) is 5. The highest BCUT2D eigenvalue weighted by atomic mass is 32.2. The molecule has 17 heavy (non-hydrogen) atoms. The van der Waals surface area contributed by atoms with Gasteiger partial charge < -0.3 is 0 Å². The van der Waals surface area contributed by atoms with E-state index in [2.05, 4.69) is 32.1 Å². The van der Waals surface area contributed by atoms with Crippen LogP contribution in [0, 0.1) is 0 Å². The molecule has 2 aliphatic rings. The number of hydrogen-bond donors (Lipinski definition) is 0. The zero-order valence-corrected chi connectivity index (χ0v) is 9.84. The van der Waals surface area contributed by atoms with Gasteiger partial charge in [0.25, 0.3) is 0 Å². The summed E-state index contributed by atoms with van der Waals surface area (Å²) >= 11 is 1.69. The Kier molecular flexibility index (Phi) is 2.83. The van der Waals surface area contributed by atoms with E-state index in [0.29, 0.717) is 0 Å². The number of thioether (sulfide) groups is 1. The van der Waals surface area contributed by atoms with E-state index in [1.165, 1.54) is 5.56 Å². The van der Waals surface area contributed by atoms with Crippen LogP contribution in [0.2, 0.25) is 0 Å². The summed E-state index contributed by atoms with van der Waals surface area (Å²) in [7, 11) is 0. The fraction of sp³-hybridized carbons (Fsp3) is 0.167. The average Bonchev–Trinajstić information content (AvgIpc) is 2.86. The van der Waals surface area contributed by atoms with Crippen LogP contribution >= 0.6 is 11.8 Å². The molecular weight excluding hydrogens is 232 g/mol. The maximum absolute atomic E-state index is 4.28. The van der Waals surface area contributed by atoms with Crippen molar-refractivity contribution in [1.29, 1.82) is 0 Å². The molecule has 3 rings (SSSR count). The third-order valence-corrected chi connectivity index (χ3v) is 3.59. The van der Waals surface area contributed by atoms with E-state index < -0.39 is 0 Å². The molecule has 1 aromatic carbocycles. The normalized spacial score (nSPS) is 21.1. The van der Waals surface area contributed by atoms with Gasteiger partial charge in [0.05, 0.1) is 0 Å². The van der Waals surface area contributed by atoms with Crippen molar-refractivity contribution in [1.82, 2.24) is 0 Å². The van der Waals surface area contributed by atoms with E-state index in [4.69, 9.17) is 0 Å². The summed E-state index contributed by atoms with van der Waals surface area (Å²) in [6.45, 7) is 0. The first-order chi connectivity index (χ1) is 8.43. The molecule has 1 aromatic rings. The van der Waals surface area contributed by atoms with Crippen LogP contribution < -0.4 is 0 Å². The molecule has 0 saturated carbocycles. The second-order valence-corrected chi connectivity index (χ2v) is 4.64. The van der Waals surface area contributed by atoms with Crippen LogP contribution in [-0.4, -0.2) is 29.6 Å². The molecule has 0 aliphatic carbocycles. The van der Waals surface area contributed by atoms with Gasteiger partial charge in [-0.25, -0.2) is 15.0 Å². The Bertz CT molecular complexity index is 531. The third-order valence-electron chi connectivity index (χ3n) is 2.49. The second kappa shape index (κ2) is 4.63. The lowest BCUT2D eigenvalue weighted by atomic mass is 10.2. The van der Waals surface area contributed by atoms with Crippen molar-refractivity contribution in [3.05, 3.63) is 35.9 Å². The van der Waals surface area contributed by atoms with Gasteiger partial charge in [-0.2, -0.15) is 0 Å². The molecule has 0 bridgehead atoms. The van der Waals surface area contributed by atoms with Crippen molar-refractivity contribution >= 4 is 35.3 Å². The molecule has 0 N–H and O–H groups in total. The highest BCUT2D eigenvalue weighted by Crippen LogP contribution is 2.21. The van der Waals surface area contributed by atoms with Crippen LogP contribution in [0.3, 0.4) is 0 Å². The summed E-state index contributed by atoms with van der Waals surface area (Å²) in [4.78, 5) is 16.7. The summed E-state index contributed by atoms with van der Waals surface area (Å²) in [5, 5.41) is 0.969. The monoisotopic (exact) mass is 242 g/mol. The summed E-state index contributed by atoms with van der Waals surface area (Å²) in [6.07, 6.45) is 3.11. The molecule has 4 nitrogen and oxygen atoms in total. The first-order valence-electron chi connectivity index (χ1n) is 5.30. The van der Waals surface area contributed by atoms with Gasteiger partial charge in [-0.15, -0.1) is 11.8 Å². The smallest absolute Gasteiger partial charge is 0.163 e. The summed E-state index contributed by atoms with van der Waals surface area (Å²) in [6, 6.07) is 10.2.